The zero-order chi connectivity index (χ0) is 14.9. The summed E-state index contributed by atoms with van der Waals surface area (Å²) in [7, 11) is 3.22. The average Bonchev–Trinajstić information content (AvgIpc) is 2.77. The summed E-state index contributed by atoms with van der Waals surface area (Å²) in [6, 6.07) is 0. The molecular weight excluding hydrogens is 264 g/mol. The molecule has 0 aromatic carbocycles. The Morgan fingerprint density at radius 2 is 2.25 bits per heavy atom. The van der Waals surface area contributed by atoms with Gasteiger partial charge in [-0.05, 0) is 0 Å². The monoisotopic (exact) mass is 278 g/mol. The molecule has 2 heterocycles. The Balaban J connectivity index is 2.51. The molecule has 0 radical (unpaired) electrons. The highest BCUT2D eigenvalue weighted by atomic mass is 16.2. The number of hydrazone groups is 1. The summed E-state index contributed by atoms with van der Waals surface area (Å²) < 4.78 is 3.87. The maximum absolute atomic E-state index is 12.3. The zero-order valence-electron chi connectivity index (χ0n) is 11.0. The number of imidazole rings is 1. The predicted octanol–water partition coefficient (Wildman–Crippen LogP) is -2.10. The van der Waals surface area contributed by atoms with Crippen molar-refractivity contribution in [3.63, 3.8) is 0 Å². The molecule has 20 heavy (non-hydrogen) atoms. The van der Waals surface area contributed by atoms with Gasteiger partial charge in [0.15, 0.2) is 11.2 Å². The van der Waals surface area contributed by atoms with E-state index >= 15 is 0 Å². The minimum absolute atomic E-state index is 0.0348. The Labute approximate surface area is 112 Å². The van der Waals surface area contributed by atoms with Crippen LogP contribution in [0.2, 0.25) is 0 Å². The minimum Gasteiger partial charge on any atom is -0.369 e. The highest BCUT2D eigenvalue weighted by Crippen LogP contribution is 2.02. The topological polar surface area (TPSA) is 136 Å². The van der Waals surface area contributed by atoms with Gasteiger partial charge in [0.2, 0.25) is 5.96 Å². The fraction of sp³-hybridized carbons (Fsp3) is 0.300. The van der Waals surface area contributed by atoms with E-state index in [-0.39, 0.29) is 12.5 Å². The lowest BCUT2D eigenvalue weighted by Crippen LogP contribution is -2.40. The van der Waals surface area contributed by atoms with Gasteiger partial charge >= 0.3 is 5.69 Å². The number of guanidine groups is 1. The number of aromatic nitrogens is 4. The third-order valence-corrected chi connectivity index (χ3v) is 2.74. The van der Waals surface area contributed by atoms with Crippen LogP contribution in [0.3, 0.4) is 0 Å². The molecular formula is C10H14N8O2. The lowest BCUT2D eigenvalue weighted by Gasteiger charge is -2.06. The first-order valence-corrected chi connectivity index (χ1v) is 5.66. The van der Waals surface area contributed by atoms with E-state index in [9.17, 15) is 9.59 Å². The normalized spacial score (nSPS) is 11.3. The van der Waals surface area contributed by atoms with Crippen molar-refractivity contribution in [2.45, 2.75) is 6.54 Å². The summed E-state index contributed by atoms with van der Waals surface area (Å²) in [4.78, 5) is 28.3. The van der Waals surface area contributed by atoms with Gasteiger partial charge in [-0.2, -0.15) is 5.10 Å². The van der Waals surface area contributed by atoms with Crippen molar-refractivity contribution in [1.82, 2.24) is 24.1 Å². The summed E-state index contributed by atoms with van der Waals surface area (Å²) in [6.45, 7) is -0.0348. The molecule has 0 fully saturated rings. The summed E-state index contributed by atoms with van der Waals surface area (Å²) in [5.74, 6) is -0.330. The van der Waals surface area contributed by atoms with Gasteiger partial charge in [0, 0.05) is 20.3 Å². The fourth-order valence-corrected chi connectivity index (χ4v) is 1.79. The smallest absolute Gasteiger partial charge is 0.332 e. The highest BCUT2D eigenvalue weighted by molar-refractivity contribution is 5.75. The second kappa shape index (κ2) is 4.99. The SMILES string of the molecule is Cn1cnc2c1c(=O)n(C/C=N/NC(=N)N)c(=O)n2C. The molecule has 0 aliphatic carbocycles. The molecule has 0 bridgehead atoms. The maximum Gasteiger partial charge on any atom is 0.332 e. The Kier molecular flexibility index (Phi) is 3.37. The molecule has 0 spiro atoms. The van der Waals surface area contributed by atoms with Gasteiger partial charge in [0.1, 0.15) is 0 Å². The average molecular weight is 278 g/mol. The summed E-state index contributed by atoms with van der Waals surface area (Å²) in [6.07, 6.45) is 2.76. The number of nitrogens with one attached hydrogen (secondary N) is 2. The maximum atomic E-state index is 12.3. The van der Waals surface area contributed by atoms with Crippen molar-refractivity contribution < 1.29 is 0 Å². The molecule has 10 nitrogen and oxygen atoms in total. The number of rotatable bonds is 3. The van der Waals surface area contributed by atoms with Crippen LogP contribution in [0.4, 0.5) is 0 Å². The van der Waals surface area contributed by atoms with Crippen LogP contribution >= 0.6 is 0 Å². The van der Waals surface area contributed by atoms with Crippen molar-refractivity contribution in [1.29, 1.82) is 5.41 Å². The van der Waals surface area contributed by atoms with Gasteiger partial charge < -0.3 is 10.3 Å². The van der Waals surface area contributed by atoms with Crippen LogP contribution in [-0.4, -0.2) is 30.9 Å². The third kappa shape index (κ3) is 2.18. The van der Waals surface area contributed by atoms with Gasteiger partial charge in [0.25, 0.3) is 5.56 Å². The Morgan fingerprint density at radius 3 is 2.90 bits per heavy atom. The number of hydrogen-bond acceptors (Lipinski definition) is 5. The van der Waals surface area contributed by atoms with Gasteiger partial charge in [-0.25, -0.2) is 15.2 Å². The Hall–Kier alpha value is -2.91. The molecule has 0 saturated heterocycles. The molecule has 2 aromatic rings. The molecule has 0 saturated carbocycles. The molecule has 0 atom stereocenters. The van der Waals surface area contributed by atoms with Gasteiger partial charge in [0.05, 0.1) is 12.9 Å². The molecule has 0 amide bonds. The number of hydrogen-bond donors (Lipinski definition) is 3. The van der Waals surface area contributed by atoms with Gasteiger partial charge in [-0.3, -0.25) is 19.3 Å². The molecule has 2 rings (SSSR count). The van der Waals surface area contributed by atoms with Gasteiger partial charge in [-0.1, -0.05) is 0 Å². The largest absolute Gasteiger partial charge is 0.369 e. The van der Waals surface area contributed by atoms with Crippen LogP contribution in [0.15, 0.2) is 21.0 Å². The van der Waals surface area contributed by atoms with Crippen molar-refractivity contribution in [2.24, 2.45) is 24.9 Å². The van der Waals surface area contributed by atoms with E-state index in [4.69, 9.17) is 11.1 Å². The minimum atomic E-state index is -0.490. The standard InChI is InChI=1S/C10H14N8O2/c1-16-5-13-7-6(16)8(19)18(10(20)17(7)2)4-3-14-15-9(11)12/h3,5H,4H2,1-2H3,(H4,11,12,15)/b14-3+. The molecule has 106 valence electrons. The van der Waals surface area contributed by atoms with E-state index in [1.165, 1.54) is 17.1 Å². The predicted molar refractivity (Wildman–Crippen MR) is 73.8 cm³/mol. The second-order valence-electron chi connectivity index (χ2n) is 4.12. The van der Waals surface area contributed by atoms with Crippen LogP contribution in [0.5, 0.6) is 0 Å². The first kappa shape index (κ1) is 13.5. The van der Waals surface area contributed by atoms with Crippen LogP contribution < -0.4 is 22.4 Å². The van der Waals surface area contributed by atoms with Crippen molar-refractivity contribution in [3.05, 3.63) is 27.2 Å². The number of aryl methyl sites for hydroxylation is 2. The van der Waals surface area contributed by atoms with E-state index in [0.29, 0.717) is 11.2 Å². The summed E-state index contributed by atoms with van der Waals surface area (Å²) >= 11 is 0. The van der Waals surface area contributed by atoms with Crippen molar-refractivity contribution in [2.75, 3.05) is 0 Å². The summed E-state index contributed by atoms with van der Waals surface area (Å²) in [5.41, 5.74) is 6.98. The molecule has 0 aliphatic heterocycles. The highest BCUT2D eigenvalue weighted by Gasteiger charge is 2.13. The number of fused-ring (bicyclic) bond motifs is 1. The van der Waals surface area contributed by atoms with Crippen molar-refractivity contribution >= 4 is 23.3 Å². The Morgan fingerprint density at radius 1 is 1.55 bits per heavy atom. The molecule has 2 aromatic heterocycles. The van der Waals surface area contributed by atoms with Crippen LogP contribution in [0, 0.1) is 5.41 Å². The second-order valence-corrected chi connectivity index (χ2v) is 4.12. The lowest BCUT2D eigenvalue weighted by molar-refractivity contribution is 0.682. The molecule has 10 heteroatoms. The van der Waals surface area contributed by atoms with E-state index < -0.39 is 11.2 Å². The van der Waals surface area contributed by atoms with E-state index in [2.05, 4.69) is 15.5 Å². The van der Waals surface area contributed by atoms with Crippen LogP contribution in [0.1, 0.15) is 0 Å². The molecule has 0 aliphatic rings. The van der Waals surface area contributed by atoms with E-state index in [1.807, 2.05) is 0 Å². The number of nitrogens with two attached hydrogens (primary N) is 1. The molecule has 4 N–H and O–H groups in total. The quantitative estimate of drug-likeness (QED) is 0.336. The van der Waals surface area contributed by atoms with Gasteiger partial charge in [-0.15, -0.1) is 0 Å². The zero-order valence-corrected chi connectivity index (χ0v) is 11.0. The third-order valence-electron chi connectivity index (χ3n) is 2.74. The summed E-state index contributed by atoms with van der Waals surface area (Å²) in [5, 5.41) is 10.5. The van der Waals surface area contributed by atoms with Crippen LogP contribution in [-0.2, 0) is 20.6 Å². The lowest BCUT2D eigenvalue weighted by atomic mass is 10.5. The number of nitrogens with zero attached hydrogens (tertiary/aromatic N) is 5. The Bertz CT molecular complexity index is 809. The van der Waals surface area contributed by atoms with E-state index in [0.717, 1.165) is 4.57 Å². The van der Waals surface area contributed by atoms with Crippen LogP contribution in [0.25, 0.3) is 11.2 Å². The molecule has 0 unspecified atom stereocenters. The van der Waals surface area contributed by atoms with Crippen molar-refractivity contribution in [3.8, 4) is 0 Å². The van der Waals surface area contributed by atoms with E-state index in [1.54, 1.807) is 18.7 Å². The fourth-order valence-electron chi connectivity index (χ4n) is 1.79. The first-order chi connectivity index (χ1) is 9.43. The first-order valence-electron chi connectivity index (χ1n) is 5.66.